The molecule has 6 rings (SSSR count). The van der Waals surface area contributed by atoms with Crippen molar-refractivity contribution in [3.05, 3.63) is 78.6 Å². The summed E-state index contributed by atoms with van der Waals surface area (Å²) < 4.78 is 16.8. The van der Waals surface area contributed by atoms with E-state index in [1.54, 1.807) is 67.1 Å². The number of halogens is 1. The van der Waals surface area contributed by atoms with Crippen molar-refractivity contribution in [3.8, 4) is 28.8 Å². The fourth-order valence-corrected chi connectivity index (χ4v) is 4.72. The third-order valence-corrected chi connectivity index (χ3v) is 6.77. The Labute approximate surface area is 245 Å². The SMILES string of the molecule is Nc1nnc(-c2ccccc2O)cc1N1CCN(c2ccnc(C#CCNC(=O)c3cc4ncccn4n3)n2)C[C@@H](F)C1. The minimum atomic E-state index is -1.22. The van der Waals surface area contributed by atoms with Gasteiger partial charge < -0.3 is 26.0 Å². The highest BCUT2D eigenvalue weighted by Crippen LogP contribution is 2.32. The number of carbonyl (C=O) groups excluding carboxylic acids is 1. The quantitative estimate of drug-likeness (QED) is 0.260. The van der Waals surface area contributed by atoms with Crippen LogP contribution in [0.25, 0.3) is 16.9 Å². The molecule has 1 atom stereocenters. The van der Waals surface area contributed by atoms with Gasteiger partial charge in [-0.15, -0.1) is 10.2 Å². The summed E-state index contributed by atoms with van der Waals surface area (Å²) in [4.78, 5) is 28.9. The zero-order valence-corrected chi connectivity index (χ0v) is 22.8. The lowest BCUT2D eigenvalue weighted by Crippen LogP contribution is -2.31. The maximum atomic E-state index is 15.2. The highest BCUT2D eigenvalue weighted by atomic mass is 19.1. The topological polar surface area (TPSA) is 164 Å². The number of nitrogens with zero attached hydrogens (tertiary/aromatic N) is 9. The number of anilines is 3. The van der Waals surface area contributed by atoms with Crippen LogP contribution >= 0.6 is 0 Å². The van der Waals surface area contributed by atoms with E-state index < -0.39 is 6.17 Å². The van der Waals surface area contributed by atoms with Crippen molar-refractivity contribution in [3.63, 3.8) is 0 Å². The number of aromatic nitrogens is 7. The van der Waals surface area contributed by atoms with Crippen molar-refractivity contribution >= 4 is 28.9 Å². The molecular formula is C29H26FN11O2. The molecule has 1 aromatic carbocycles. The number of nitrogen functional groups attached to an aromatic ring is 1. The fourth-order valence-electron chi connectivity index (χ4n) is 4.72. The first kappa shape index (κ1) is 27.3. The van der Waals surface area contributed by atoms with Crippen molar-refractivity contribution < 1.29 is 14.3 Å². The van der Waals surface area contributed by atoms with Gasteiger partial charge in [0.1, 0.15) is 17.7 Å². The largest absolute Gasteiger partial charge is 0.507 e. The first-order chi connectivity index (χ1) is 20.9. The number of amides is 1. The van der Waals surface area contributed by atoms with Gasteiger partial charge in [0.15, 0.2) is 17.2 Å². The molecule has 4 N–H and O–H groups in total. The number of phenolic OH excluding ortho intramolecular Hbond substituents is 1. The molecule has 13 nitrogen and oxygen atoms in total. The van der Waals surface area contributed by atoms with E-state index in [2.05, 4.69) is 47.4 Å². The third-order valence-electron chi connectivity index (χ3n) is 6.77. The van der Waals surface area contributed by atoms with Crippen LogP contribution in [0.15, 0.2) is 67.1 Å². The van der Waals surface area contributed by atoms with Crippen LogP contribution < -0.4 is 20.9 Å². The summed E-state index contributed by atoms with van der Waals surface area (Å²) in [5.41, 5.74) is 8.41. The van der Waals surface area contributed by atoms with Crippen LogP contribution in [0, 0.1) is 11.8 Å². The average Bonchev–Trinajstić information content (AvgIpc) is 3.36. The Bertz CT molecular complexity index is 1820. The Morgan fingerprint density at radius 1 is 1.07 bits per heavy atom. The van der Waals surface area contributed by atoms with E-state index in [0.717, 1.165) is 0 Å². The van der Waals surface area contributed by atoms with E-state index >= 15 is 4.39 Å². The normalized spacial score (nSPS) is 15.0. The Morgan fingerprint density at radius 2 is 1.91 bits per heavy atom. The summed E-state index contributed by atoms with van der Waals surface area (Å²) >= 11 is 0. The van der Waals surface area contributed by atoms with Crippen LogP contribution in [0.4, 0.5) is 21.7 Å². The second-order valence-electron chi connectivity index (χ2n) is 9.68. The summed E-state index contributed by atoms with van der Waals surface area (Å²) in [5.74, 6) is 6.31. The van der Waals surface area contributed by atoms with Gasteiger partial charge in [-0.2, -0.15) is 5.10 Å². The number of fused-ring (bicyclic) bond motifs is 1. The van der Waals surface area contributed by atoms with E-state index in [0.29, 0.717) is 41.5 Å². The molecule has 4 aromatic heterocycles. The summed E-state index contributed by atoms with van der Waals surface area (Å²) in [7, 11) is 0. The van der Waals surface area contributed by atoms with Crippen molar-refractivity contribution in [2.45, 2.75) is 6.17 Å². The molecule has 216 valence electrons. The van der Waals surface area contributed by atoms with Gasteiger partial charge in [0, 0.05) is 43.3 Å². The number of nitrogens with two attached hydrogens (primary N) is 1. The number of para-hydroxylation sites is 1. The monoisotopic (exact) mass is 579 g/mol. The Kier molecular flexibility index (Phi) is 7.60. The molecule has 1 saturated heterocycles. The molecule has 0 bridgehead atoms. The van der Waals surface area contributed by atoms with E-state index in [1.807, 2.05) is 9.80 Å². The standard InChI is InChI=1S/C29H26FN11O2/c30-19-17-39(23-15-21(36-37-28(23)31)20-5-1-2-6-24(20)42)13-14-40(18-19)26-8-11-32-25(35-26)7-3-9-34-29(43)22-16-27-33-10-4-12-41(27)38-22/h1-2,4-6,8,10-12,15-16,19,42H,9,13-14,17-18H2,(H2,31,37)(H,34,43)/t19-/m0/s1. The smallest absolute Gasteiger partial charge is 0.272 e. The number of phenols is 1. The van der Waals surface area contributed by atoms with Crippen LogP contribution in [-0.2, 0) is 0 Å². The predicted molar refractivity (Wildman–Crippen MR) is 157 cm³/mol. The molecule has 1 aliphatic rings. The van der Waals surface area contributed by atoms with Crippen LogP contribution in [-0.4, -0.2) is 84.7 Å². The minimum Gasteiger partial charge on any atom is -0.507 e. The van der Waals surface area contributed by atoms with Crippen LogP contribution in [0.1, 0.15) is 16.3 Å². The van der Waals surface area contributed by atoms with E-state index in [9.17, 15) is 9.90 Å². The van der Waals surface area contributed by atoms with Gasteiger partial charge in [-0.25, -0.2) is 23.9 Å². The van der Waals surface area contributed by atoms with Crippen LogP contribution in [0.5, 0.6) is 5.75 Å². The van der Waals surface area contributed by atoms with Crippen molar-refractivity contribution in [1.29, 1.82) is 0 Å². The Morgan fingerprint density at radius 3 is 2.77 bits per heavy atom. The Hall–Kier alpha value is -5.84. The summed E-state index contributed by atoms with van der Waals surface area (Å²) in [6.07, 6.45) is 3.67. The number of nitrogens with one attached hydrogen (secondary N) is 1. The van der Waals surface area contributed by atoms with E-state index in [4.69, 9.17) is 5.73 Å². The molecule has 0 unspecified atom stereocenters. The van der Waals surface area contributed by atoms with Gasteiger partial charge in [0.25, 0.3) is 5.91 Å². The van der Waals surface area contributed by atoms with Crippen LogP contribution in [0.3, 0.4) is 0 Å². The molecule has 14 heteroatoms. The van der Waals surface area contributed by atoms with Gasteiger partial charge >= 0.3 is 0 Å². The summed E-state index contributed by atoms with van der Waals surface area (Å²) in [6, 6.07) is 13.5. The molecule has 0 aliphatic carbocycles. The zero-order chi connectivity index (χ0) is 29.8. The molecule has 1 amide bonds. The second kappa shape index (κ2) is 12.0. The number of hydrogen-bond donors (Lipinski definition) is 3. The first-order valence-corrected chi connectivity index (χ1v) is 13.4. The highest BCUT2D eigenvalue weighted by molar-refractivity contribution is 5.93. The maximum absolute atomic E-state index is 15.2. The third kappa shape index (κ3) is 6.10. The van der Waals surface area contributed by atoms with Crippen molar-refractivity contribution in [1.82, 2.24) is 40.1 Å². The lowest BCUT2D eigenvalue weighted by molar-refractivity contribution is 0.0953. The molecule has 5 aromatic rings. The molecule has 0 spiro atoms. The maximum Gasteiger partial charge on any atom is 0.272 e. The molecule has 43 heavy (non-hydrogen) atoms. The zero-order valence-electron chi connectivity index (χ0n) is 22.8. The molecule has 0 radical (unpaired) electrons. The van der Waals surface area contributed by atoms with Gasteiger partial charge in [-0.05, 0) is 36.3 Å². The number of rotatable bonds is 5. The number of aromatic hydroxyl groups is 1. The van der Waals surface area contributed by atoms with E-state index in [-0.39, 0.29) is 48.6 Å². The number of alkyl halides is 1. The molecular weight excluding hydrogens is 553 g/mol. The average molecular weight is 580 g/mol. The number of hydrogen-bond acceptors (Lipinski definition) is 11. The van der Waals surface area contributed by atoms with Crippen molar-refractivity contribution in [2.75, 3.05) is 48.3 Å². The molecule has 1 aliphatic heterocycles. The summed E-state index contributed by atoms with van der Waals surface area (Å²) in [5, 5.41) is 25.3. The second-order valence-corrected chi connectivity index (χ2v) is 9.68. The predicted octanol–water partition coefficient (Wildman–Crippen LogP) is 1.71. The lowest BCUT2D eigenvalue weighted by atomic mass is 10.1. The highest BCUT2D eigenvalue weighted by Gasteiger charge is 2.26. The minimum absolute atomic E-state index is 0.0586. The molecule has 0 saturated carbocycles. The van der Waals surface area contributed by atoms with Crippen LogP contribution in [0.2, 0.25) is 0 Å². The van der Waals surface area contributed by atoms with Gasteiger partial charge in [0.05, 0.1) is 31.0 Å². The lowest BCUT2D eigenvalue weighted by Gasteiger charge is -2.25. The fraction of sp³-hybridized carbons (Fsp3) is 0.207. The Balaban J connectivity index is 1.11. The van der Waals surface area contributed by atoms with Gasteiger partial charge in [-0.1, -0.05) is 18.1 Å². The molecule has 5 heterocycles. The van der Waals surface area contributed by atoms with Gasteiger partial charge in [0.2, 0.25) is 5.82 Å². The molecule has 1 fully saturated rings. The van der Waals surface area contributed by atoms with E-state index in [1.165, 1.54) is 4.52 Å². The number of benzene rings is 1. The van der Waals surface area contributed by atoms with Crippen molar-refractivity contribution in [2.24, 2.45) is 0 Å². The summed E-state index contributed by atoms with van der Waals surface area (Å²) in [6.45, 7) is 1.14. The first-order valence-electron chi connectivity index (χ1n) is 13.4. The number of carbonyl (C=O) groups is 1. The van der Waals surface area contributed by atoms with Gasteiger partial charge in [-0.3, -0.25) is 4.79 Å².